The first-order valence-electron chi connectivity index (χ1n) is 9.89. The smallest absolute Gasteiger partial charge is 0.414 e. The highest BCUT2D eigenvalue weighted by Gasteiger charge is 2.32. The number of rotatable bonds is 6. The number of H-pyrrole nitrogens is 1. The molecule has 2 N–H and O–H groups in total. The van der Waals surface area contributed by atoms with Gasteiger partial charge in [0.15, 0.2) is 0 Å². The third-order valence-electron chi connectivity index (χ3n) is 5.21. The van der Waals surface area contributed by atoms with E-state index in [4.69, 9.17) is 4.74 Å². The van der Waals surface area contributed by atoms with Crippen LogP contribution in [-0.4, -0.2) is 35.3 Å². The van der Waals surface area contributed by atoms with Gasteiger partial charge in [-0.3, -0.25) is 4.90 Å². The fourth-order valence-corrected chi connectivity index (χ4v) is 3.68. The Hall–Kier alpha value is -4.06. The van der Waals surface area contributed by atoms with Crippen LogP contribution in [0.25, 0.3) is 22.2 Å². The Balaban J connectivity index is 1.74. The molecule has 6 nitrogen and oxygen atoms in total. The number of aromatic amines is 1. The molecule has 0 saturated heterocycles. The molecule has 1 aromatic heterocycles. The first kappa shape index (κ1) is 20.2. The van der Waals surface area contributed by atoms with E-state index in [0.717, 1.165) is 27.7 Å². The minimum absolute atomic E-state index is 0.158. The van der Waals surface area contributed by atoms with Crippen molar-refractivity contribution in [3.05, 3.63) is 90.5 Å². The monoisotopic (exact) mass is 414 g/mol. The predicted molar refractivity (Wildman–Crippen MR) is 120 cm³/mol. The van der Waals surface area contributed by atoms with Gasteiger partial charge in [-0.2, -0.15) is 0 Å². The molecule has 6 heteroatoms. The van der Waals surface area contributed by atoms with E-state index in [0.29, 0.717) is 5.69 Å². The maximum atomic E-state index is 12.6. The van der Waals surface area contributed by atoms with Crippen molar-refractivity contribution in [2.45, 2.75) is 12.5 Å². The van der Waals surface area contributed by atoms with Crippen molar-refractivity contribution in [1.29, 1.82) is 0 Å². The second-order valence-electron chi connectivity index (χ2n) is 7.20. The fraction of sp³-hybridized carbons (Fsp3) is 0.120. The number of hydrogen-bond acceptors (Lipinski definition) is 3. The highest BCUT2D eigenvalue weighted by molar-refractivity contribution is 5.98. The predicted octanol–water partition coefficient (Wildman–Crippen LogP) is 5.10. The van der Waals surface area contributed by atoms with Gasteiger partial charge in [0.2, 0.25) is 0 Å². The van der Waals surface area contributed by atoms with Crippen LogP contribution in [0.2, 0.25) is 0 Å². The standard InChI is InChI=1S/C25H22N2O4/c1-31-25(30)27(23(24(28)29)14-17-8-4-2-5-9-17)20-12-13-21-19(15-20)16-22(26-21)18-10-6-3-7-11-18/h2-13,15-16,23,26H,14H2,1H3,(H,28,29)/t23-/m1/s1. The van der Waals surface area contributed by atoms with Crippen LogP contribution in [0.1, 0.15) is 5.56 Å². The number of aromatic nitrogens is 1. The summed E-state index contributed by atoms with van der Waals surface area (Å²) in [5, 5.41) is 10.8. The zero-order chi connectivity index (χ0) is 21.8. The number of carboxylic acid groups (broad SMARTS) is 1. The number of carbonyl (C=O) groups excluding carboxylic acids is 1. The topological polar surface area (TPSA) is 82.6 Å². The van der Waals surface area contributed by atoms with Crippen molar-refractivity contribution in [2.24, 2.45) is 0 Å². The van der Waals surface area contributed by atoms with E-state index < -0.39 is 18.1 Å². The molecule has 0 aliphatic carbocycles. The van der Waals surface area contributed by atoms with E-state index in [9.17, 15) is 14.7 Å². The summed E-state index contributed by atoms with van der Waals surface area (Å²) >= 11 is 0. The number of ether oxygens (including phenoxy) is 1. The fourth-order valence-electron chi connectivity index (χ4n) is 3.68. The lowest BCUT2D eigenvalue weighted by Gasteiger charge is -2.28. The van der Waals surface area contributed by atoms with Gasteiger partial charge < -0.3 is 14.8 Å². The molecule has 1 heterocycles. The summed E-state index contributed by atoms with van der Waals surface area (Å²) in [5.74, 6) is -1.10. The van der Waals surface area contributed by atoms with Gasteiger partial charge in [-0.05, 0) is 35.4 Å². The molecule has 4 aromatic rings. The van der Waals surface area contributed by atoms with Crippen LogP contribution < -0.4 is 4.90 Å². The zero-order valence-corrected chi connectivity index (χ0v) is 17.0. The van der Waals surface area contributed by atoms with Crippen molar-refractivity contribution < 1.29 is 19.4 Å². The van der Waals surface area contributed by atoms with Crippen LogP contribution in [-0.2, 0) is 16.0 Å². The maximum Gasteiger partial charge on any atom is 0.414 e. The summed E-state index contributed by atoms with van der Waals surface area (Å²) in [4.78, 5) is 29.3. The molecule has 0 aliphatic rings. The number of carboxylic acids is 1. The quantitative estimate of drug-likeness (QED) is 0.460. The summed E-state index contributed by atoms with van der Waals surface area (Å²) in [6.07, 6.45) is -0.562. The molecule has 0 fully saturated rings. The SMILES string of the molecule is COC(=O)N(c1ccc2[nH]c(-c3ccccc3)cc2c1)[C@H](Cc1ccccc1)C(=O)O. The van der Waals surface area contributed by atoms with Crippen molar-refractivity contribution in [3.63, 3.8) is 0 Å². The van der Waals surface area contributed by atoms with Crippen molar-refractivity contribution in [2.75, 3.05) is 12.0 Å². The summed E-state index contributed by atoms with van der Waals surface area (Å²) < 4.78 is 4.94. The summed E-state index contributed by atoms with van der Waals surface area (Å²) in [6, 6.07) is 25.4. The molecule has 1 amide bonds. The van der Waals surface area contributed by atoms with Gasteiger partial charge in [0.1, 0.15) is 6.04 Å². The molecular formula is C25H22N2O4. The van der Waals surface area contributed by atoms with Gasteiger partial charge in [0.25, 0.3) is 0 Å². The Morgan fingerprint density at radius 1 is 0.968 bits per heavy atom. The van der Waals surface area contributed by atoms with Gasteiger partial charge >= 0.3 is 12.1 Å². The summed E-state index contributed by atoms with van der Waals surface area (Å²) in [6.45, 7) is 0. The van der Waals surface area contributed by atoms with Crippen LogP contribution in [0.5, 0.6) is 0 Å². The third-order valence-corrected chi connectivity index (χ3v) is 5.21. The van der Waals surface area contributed by atoms with Gasteiger partial charge in [-0.25, -0.2) is 9.59 Å². The van der Waals surface area contributed by atoms with Gasteiger partial charge in [-0.15, -0.1) is 0 Å². The molecule has 156 valence electrons. The first-order chi connectivity index (χ1) is 15.1. The van der Waals surface area contributed by atoms with E-state index in [-0.39, 0.29) is 6.42 Å². The Bertz CT molecular complexity index is 1200. The number of amides is 1. The second kappa shape index (κ2) is 8.75. The largest absolute Gasteiger partial charge is 0.480 e. The average molecular weight is 414 g/mol. The van der Waals surface area contributed by atoms with Crippen molar-refractivity contribution in [3.8, 4) is 11.3 Å². The highest BCUT2D eigenvalue weighted by Crippen LogP contribution is 2.29. The van der Waals surface area contributed by atoms with E-state index in [1.807, 2.05) is 72.8 Å². The van der Waals surface area contributed by atoms with E-state index in [1.54, 1.807) is 12.1 Å². The maximum absolute atomic E-state index is 12.6. The molecule has 0 aliphatic heterocycles. The first-order valence-corrected chi connectivity index (χ1v) is 9.89. The molecule has 4 rings (SSSR count). The number of methoxy groups -OCH3 is 1. The highest BCUT2D eigenvalue weighted by atomic mass is 16.5. The van der Waals surface area contributed by atoms with Gasteiger partial charge in [-0.1, -0.05) is 60.7 Å². The van der Waals surface area contributed by atoms with Gasteiger partial charge in [0, 0.05) is 28.7 Å². The molecule has 0 saturated carbocycles. The third kappa shape index (κ3) is 4.28. The Kier molecular flexibility index (Phi) is 5.71. The minimum Gasteiger partial charge on any atom is -0.480 e. The molecule has 0 radical (unpaired) electrons. The van der Waals surface area contributed by atoms with Crippen LogP contribution in [0.4, 0.5) is 10.5 Å². The van der Waals surface area contributed by atoms with Crippen molar-refractivity contribution in [1.82, 2.24) is 4.98 Å². The lowest BCUT2D eigenvalue weighted by atomic mass is 10.0. The second-order valence-corrected chi connectivity index (χ2v) is 7.20. The Morgan fingerprint density at radius 2 is 1.65 bits per heavy atom. The lowest BCUT2D eigenvalue weighted by Crippen LogP contribution is -2.46. The van der Waals surface area contributed by atoms with Gasteiger partial charge in [0.05, 0.1) is 7.11 Å². The Labute approximate surface area is 179 Å². The lowest BCUT2D eigenvalue weighted by molar-refractivity contribution is -0.138. The molecular weight excluding hydrogens is 392 g/mol. The summed E-state index contributed by atoms with van der Waals surface area (Å²) in [5.41, 5.74) is 4.15. The van der Waals surface area contributed by atoms with E-state index in [2.05, 4.69) is 4.98 Å². The Morgan fingerprint density at radius 3 is 2.29 bits per heavy atom. The number of anilines is 1. The molecule has 1 atom stereocenters. The van der Waals surface area contributed by atoms with Crippen LogP contribution in [0.3, 0.4) is 0 Å². The molecule has 0 bridgehead atoms. The molecule has 0 spiro atoms. The molecule has 31 heavy (non-hydrogen) atoms. The number of fused-ring (bicyclic) bond motifs is 1. The average Bonchev–Trinajstić information content (AvgIpc) is 3.23. The number of hydrogen-bond donors (Lipinski definition) is 2. The number of benzene rings is 3. The van der Waals surface area contributed by atoms with Crippen LogP contribution in [0, 0.1) is 0 Å². The number of nitrogens with one attached hydrogen (secondary N) is 1. The zero-order valence-electron chi connectivity index (χ0n) is 17.0. The number of aliphatic carboxylic acids is 1. The van der Waals surface area contributed by atoms with E-state index >= 15 is 0 Å². The number of carbonyl (C=O) groups is 2. The van der Waals surface area contributed by atoms with Crippen LogP contribution >= 0.6 is 0 Å². The summed E-state index contributed by atoms with van der Waals surface area (Å²) in [7, 11) is 1.25. The minimum atomic E-state index is -1.11. The normalized spacial score (nSPS) is 11.8. The molecule has 0 unspecified atom stereocenters. The van der Waals surface area contributed by atoms with Crippen molar-refractivity contribution >= 4 is 28.7 Å². The van der Waals surface area contributed by atoms with E-state index in [1.165, 1.54) is 12.0 Å². The molecule has 3 aromatic carbocycles. The van der Waals surface area contributed by atoms with Crippen LogP contribution in [0.15, 0.2) is 84.9 Å². The number of nitrogens with zero attached hydrogens (tertiary/aromatic N) is 1.